The molecule has 0 atom stereocenters. The summed E-state index contributed by atoms with van der Waals surface area (Å²) in [7, 11) is 1.51. The molecule has 0 bridgehead atoms. The number of hydrogen-bond donors (Lipinski definition) is 0. The Bertz CT molecular complexity index is 1030. The van der Waals surface area contributed by atoms with Crippen molar-refractivity contribution in [3.05, 3.63) is 61.8 Å². The number of rotatable bonds is 6. The quantitative estimate of drug-likeness (QED) is 0.313. The van der Waals surface area contributed by atoms with Crippen LogP contribution in [0.5, 0.6) is 11.5 Å². The second-order valence-electron chi connectivity index (χ2n) is 5.92. The summed E-state index contributed by atoms with van der Waals surface area (Å²) < 4.78 is 25.1. The summed E-state index contributed by atoms with van der Waals surface area (Å²) in [4.78, 5) is 25.6. The van der Waals surface area contributed by atoms with E-state index in [9.17, 15) is 14.0 Å². The fourth-order valence-corrected chi connectivity index (χ4v) is 4.20. The van der Waals surface area contributed by atoms with Crippen LogP contribution in [0.2, 0.25) is 0 Å². The molecule has 1 saturated heterocycles. The third kappa shape index (κ3) is 4.92. The number of nitrogens with zero attached hydrogens (tertiary/aromatic N) is 1. The first-order chi connectivity index (χ1) is 13.9. The number of terminal acetylenes is 1. The van der Waals surface area contributed by atoms with Crippen molar-refractivity contribution < 1.29 is 23.5 Å². The van der Waals surface area contributed by atoms with Crippen LogP contribution in [-0.2, 0) is 11.4 Å². The number of ether oxygens (including phenoxy) is 2. The minimum Gasteiger partial charge on any atom is -0.493 e. The van der Waals surface area contributed by atoms with Crippen molar-refractivity contribution in [3.63, 3.8) is 0 Å². The lowest BCUT2D eigenvalue weighted by Crippen LogP contribution is -2.28. The van der Waals surface area contributed by atoms with Crippen molar-refractivity contribution >= 4 is 51.6 Å². The number of halogens is 2. The number of carbonyl (C=O) groups is 2. The maximum Gasteiger partial charge on any atom is 0.294 e. The van der Waals surface area contributed by atoms with E-state index in [0.717, 1.165) is 25.8 Å². The van der Waals surface area contributed by atoms with Crippen LogP contribution in [-0.4, -0.2) is 29.7 Å². The first-order valence-corrected chi connectivity index (χ1v) is 10.3. The van der Waals surface area contributed by atoms with Gasteiger partial charge in [-0.05, 0) is 75.8 Å². The number of thioether (sulfide) groups is 1. The number of imide groups is 1. The number of amides is 2. The summed E-state index contributed by atoms with van der Waals surface area (Å²) in [5, 5.41) is -0.389. The lowest BCUT2D eigenvalue weighted by Gasteiger charge is -2.14. The number of methoxy groups -OCH3 is 1. The Morgan fingerprint density at radius 1 is 1.28 bits per heavy atom. The van der Waals surface area contributed by atoms with Gasteiger partial charge < -0.3 is 9.47 Å². The normalized spacial score (nSPS) is 15.0. The topological polar surface area (TPSA) is 55.8 Å². The van der Waals surface area contributed by atoms with E-state index in [1.807, 2.05) is 6.07 Å². The Morgan fingerprint density at radius 2 is 2.00 bits per heavy atom. The van der Waals surface area contributed by atoms with Gasteiger partial charge in [-0.3, -0.25) is 14.5 Å². The fraction of sp³-hybridized carbons (Fsp3) is 0.143. The molecule has 2 aromatic carbocycles. The van der Waals surface area contributed by atoms with Crippen LogP contribution in [0.3, 0.4) is 0 Å². The largest absolute Gasteiger partial charge is 0.493 e. The van der Waals surface area contributed by atoms with Crippen LogP contribution < -0.4 is 9.47 Å². The van der Waals surface area contributed by atoms with E-state index < -0.39 is 5.91 Å². The lowest BCUT2D eigenvalue weighted by atomic mass is 10.1. The minimum atomic E-state index is -0.413. The number of benzene rings is 2. The van der Waals surface area contributed by atoms with E-state index in [1.165, 1.54) is 19.2 Å². The zero-order valence-electron chi connectivity index (χ0n) is 15.3. The van der Waals surface area contributed by atoms with Gasteiger partial charge in [-0.25, -0.2) is 4.39 Å². The smallest absolute Gasteiger partial charge is 0.294 e. The van der Waals surface area contributed by atoms with Crippen molar-refractivity contribution in [2.24, 2.45) is 0 Å². The van der Waals surface area contributed by atoms with Gasteiger partial charge in [0.2, 0.25) is 0 Å². The van der Waals surface area contributed by atoms with Gasteiger partial charge in [0.1, 0.15) is 12.4 Å². The molecule has 1 aliphatic rings. The van der Waals surface area contributed by atoms with E-state index in [2.05, 4.69) is 28.5 Å². The molecule has 0 N–H and O–H groups in total. The molecular weight excluding hydrogens is 508 g/mol. The highest BCUT2D eigenvalue weighted by molar-refractivity contribution is 14.1. The van der Waals surface area contributed by atoms with E-state index in [1.54, 1.807) is 24.3 Å². The molecule has 0 aliphatic carbocycles. The summed E-state index contributed by atoms with van der Waals surface area (Å²) in [6.07, 6.45) is 6.83. The first-order valence-electron chi connectivity index (χ1n) is 8.36. The van der Waals surface area contributed by atoms with Crippen molar-refractivity contribution in [2.45, 2.75) is 6.61 Å². The summed E-state index contributed by atoms with van der Waals surface area (Å²) in [6.45, 7) is 0.190. The van der Waals surface area contributed by atoms with Crippen LogP contribution in [0, 0.1) is 21.7 Å². The third-order valence-corrected chi connectivity index (χ3v) is 5.68. The zero-order chi connectivity index (χ0) is 21.0. The van der Waals surface area contributed by atoms with Gasteiger partial charge in [-0.2, -0.15) is 0 Å². The third-order valence-electron chi connectivity index (χ3n) is 3.97. The Morgan fingerprint density at radius 3 is 2.66 bits per heavy atom. The predicted octanol–water partition coefficient (Wildman–Crippen LogP) is 4.69. The molecule has 3 rings (SSSR count). The molecule has 1 fully saturated rings. The van der Waals surface area contributed by atoms with E-state index >= 15 is 0 Å². The molecule has 2 amide bonds. The standard InChI is InChI=1S/C21H15FINO4S/c1-3-8-24-20(25)18(29-21(24)26)11-14-9-16(23)19(17(10-14)27-2)28-12-13-4-6-15(22)7-5-13/h1,4-7,9-11H,8,12H2,2H3/b18-11+. The lowest BCUT2D eigenvalue weighted by molar-refractivity contribution is -0.122. The monoisotopic (exact) mass is 523 g/mol. The SMILES string of the molecule is C#CCN1C(=O)S/C(=C/c2cc(I)c(OCc3ccc(F)cc3)c(OC)c2)C1=O. The molecule has 0 unspecified atom stereocenters. The van der Waals surface area contributed by atoms with E-state index in [4.69, 9.17) is 15.9 Å². The summed E-state index contributed by atoms with van der Waals surface area (Å²) in [6, 6.07) is 9.58. The minimum absolute atomic E-state index is 0.0565. The van der Waals surface area contributed by atoms with Crippen molar-refractivity contribution in [3.8, 4) is 23.8 Å². The van der Waals surface area contributed by atoms with Gasteiger partial charge in [0.05, 0.1) is 22.1 Å². The first kappa shape index (κ1) is 21.2. The summed E-state index contributed by atoms with van der Waals surface area (Å²) in [5.74, 6) is 2.60. The predicted molar refractivity (Wildman–Crippen MR) is 118 cm³/mol. The van der Waals surface area contributed by atoms with Crippen molar-refractivity contribution in [1.29, 1.82) is 0 Å². The average molecular weight is 523 g/mol. The van der Waals surface area contributed by atoms with Crippen LogP contribution in [0.4, 0.5) is 9.18 Å². The second-order valence-corrected chi connectivity index (χ2v) is 8.08. The highest BCUT2D eigenvalue weighted by Crippen LogP contribution is 2.37. The number of hydrogen-bond acceptors (Lipinski definition) is 5. The molecule has 5 nitrogen and oxygen atoms in total. The van der Waals surface area contributed by atoms with Crippen LogP contribution >= 0.6 is 34.4 Å². The van der Waals surface area contributed by atoms with Crippen LogP contribution in [0.1, 0.15) is 11.1 Å². The Kier molecular flexibility index (Phi) is 6.82. The maximum atomic E-state index is 13.0. The van der Waals surface area contributed by atoms with Crippen LogP contribution in [0.15, 0.2) is 41.3 Å². The van der Waals surface area contributed by atoms with E-state index in [-0.39, 0.29) is 24.2 Å². The van der Waals surface area contributed by atoms with Gasteiger partial charge in [-0.1, -0.05) is 18.1 Å². The highest BCUT2D eigenvalue weighted by atomic mass is 127. The summed E-state index contributed by atoms with van der Waals surface area (Å²) >= 11 is 2.95. The molecule has 1 heterocycles. The molecule has 1 aliphatic heterocycles. The van der Waals surface area contributed by atoms with Gasteiger partial charge in [-0.15, -0.1) is 6.42 Å². The van der Waals surface area contributed by atoms with E-state index in [0.29, 0.717) is 22.0 Å². The van der Waals surface area contributed by atoms with Crippen LogP contribution in [0.25, 0.3) is 6.08 Å². The molecule has 148 valence electrons. The van der Waals surface area contributed by atoms with Gasteiger partial charge in [0.15, 0.2) is 11.5 Å². The molecule has 0 spiro atoms. The maximum absolute atomic E-state index is 13.0. The fourth-order valence-electron chi connectivity index (χ4n) is 2.58. The molecule has 8 heteroatoms. The molecular formula is C21H15FINO4S. The van der Waals surface area contributed by atoms with Gasteiger partial charge >= 0.3 is 0 Å². The average Bonchev–Trinajstić information content (AvgIpc) is 2.96. The molecule has 0 aromatic heterocycles. The zero-order valence-corrected chi connectivity index (χ0v) is 18.3. The molecule has 2 aromatic rings. The van der Waals surface area contributed by atoms with Gasteiger partial charge in [0, 0.05) is 0 Å². The second kappa shape index (κ2) is 9.33. The Hall–Kier alpha value is -2.51. The Balaban J connectivity index is 1.83. The summed E-state index contributed by atoms with van der Waals surface area (Å²) in [5.41, 5.74) is 1.50. The highest BCUT2D eigenvalue weighted by Gasteiger charge is 2.34. The number of carbonyl (C=O) groups excluding carboxylic acids is 2. The molecule has 29 heavy (non-hydrogen) atoms. The van der Waals surface area contributed by atoms with Crippen molar-refractivity contribution in [1.82, 2.24) is 4.90 Å². The van der Waals surface area contributed by atoms with Gasteiger partial charge in [0.25, 0.3) is 11.1 Å². The molecule has 0 saturated carbocycles. The van der Waals surface area contributed by atoms with Crippen molar-refractivity contribution in [2.75, 3.05) is 13.7 Å². The molecule has 0 radical (unpaired) electrons. The Labute approximate surface area is 185 Å².